The minimum atomic E-state index is -0.882. The third-order valence-electron chi connectivity index (χ3n) is 7.18. The third kappa shape index (κ3) is 2.99. The molecule has 0 N–H and O–H groups in total. The highest BCUT2D eigenvalue weighted by atomic mass is 16.6. The predicted octanol–water partition coefficient (Wildman–Crippen LogP) is 3.45. The number of hydrogen-bond acceptors (Lipinski definition) is 5. The number of nitrogens with zero attached hydrogens (tertiary/aromatic N) is 1. The predicted molar refractivity (Wildman–Crippen MR) is 102 cm³/mol. The average molecular weight is 373 g/mol. The van der Waals surface area contributed by atoms with Crippen molar-refractivity contribution in [2.24, 2.45) is 23.7 Å². The highest BCUT2D eigenvalue weighted by molar-refractivity contribution is 5.87. The van der Waals surface area contributed by atoms with Crippen LogP contribution >= 0.6 is 0 Å². The van der Waals surface area contributed by atoms with Crippen LogP contribution < -0.4 is 0 Å². The second kappa shape index (κ2) is 6.68. The van der Waals surface area contributed by atoms with Crippen LogP contribution in [0, 0.1) is 23.7 Å². The molecule has 0 spiro atoms. The smallest absolute Gasteiger partial charge is 0.333 e. The van der Waals surface area contributed by atoms with Crippen LogP contribution in [0.5, 0.6) is 0 Å². The monoisotopic (exact) mass is 373 g/mol. The largest absolute Gasteiger partial charge is 0.457 e. The molecule has 5 nitrogen and oxygen atoms in total. The summed E-state index contributed by atoms with van der Waals surface area (Å²) in [5, 5.41) is 0. The fraction of sp³-hybridized carbons (Fsp3) is 0.727. The summed E-state index contributed by atoms with van der Waals surface area (Å²) in [5.41, 5.74) is 1.28. The van der Waals surface area contributed by atoms with Crippen LogP contribution in [0.15, 0.2) is 23.4 Å². The number of carbonyl (C=O) groups is 2. The van der Waals surface area contributed by atoms with Crippen LogP contribution in [-0.2, 0) is 19.1 Å². The Hall–Kier alpha value is -1.78. The standard InChI is InChI=1S/C22H31NO4/c1-13(2)15-8-7-14(3)16-11-18(26-21(25)20(15)16)22(4)17(12-19(24)27-22)23-9-5-6-10-23/h7,12-13,15-16,18,20H,5-6,8-11H2,1-4H3/t15-,16+,18-,20-,22+/m1/s1. The maximum absolute atomic E-state index is 13.1. The molecule has 4 aliphatic rings. The van der Waals surface area contributed by atoms with E-state index in [0.717, 1.165) is 44.5 Å². The minimum Gasteiger partial charge on any atom is -0.457 e. The fourth-order valence-electron chi connectivity index (χ4n) is 5.53. The van der Waals surface area contributed by atoms with Crippen molar-refractivity contribution in [3.63, 3.8) is 0 Å². The highest BCUT2D eigenvalue weighted by Gasteiger charge is 2.56. The van der Waals surface area contributed by atoms with E-state index in [1.807, 2.05) is 6.92 Å². The van der Waals surface area contributed by atoms with Gasteiger partial charge in [-0.15, -0.1) is 0 Å². The molecule has 27 heavy (non-hydrogen) atoms. The molecule has 0 unspecified atom stereocenters. The molecule has 4 rings (SSSR count). The Morgan fingerprint density at radius 2 is 1.93 bits per heavy atom. The van der Waals surface area contributed by atoms with Gasteiger partial charge in [0.2, 0.25) is 0 Å². The van der Waals surface area contributed by atoms with Gasteiger partial charge >= 0.3 is 11.9 Å². The lowest BCUT2D eigenvalue weighted by Crippen LogP contribution is -2.55. The van der Waals surface area contributed by atoms with E-state index in [1.54, 1.807) is 6.08 Å². The molecular weight excluding hydrogens is 342 g/mol. The van der Waals surface area contributed by atoms with E-state index >= 15 is 0 Å². The van der Waals surface area contributed by atoms with Gasteiger partial charge in [0.05, 0.1) is 11.6 Å². The number of rotatable bonds is 3. The van der Waals surface area contributed by atoms with Crippen molar-refractivity contribution in [3.05, 3.63) is 23.4 Å². The number of likely N-dealkylation sites (tertiary alicyclic amines) is 1. The Morgan fingerprint density at radius 1 is 1.22 bits per heavy atom. The van der Waals surface area contributed by atoms with Crippen LogP contribution in [0.25, 0.3) is 0 Å². The number of allylic oxidation sites excluding steroid dienone is 2. The van der Waals surface area contributed by atoms with E-state index in [1.165, 1.54) is 5.57 Å². The van der Waals surface area contributed by atoms with Crippen molar-refractivity contribution in [1.29, 1.82) is 0 Å². The summed E-state index contributed by atoms with van der Waals surface area (Å²) >= 11 is 0. The quantitative estimate of drug-likeness (QED) is 0.560. The van der Waals surface area contributed by atoms with Gasteiger partial charge in [-0.1, -0.05) is 25.5 Å². The van der Waals surface area contributed by atoms with Gasteiger partial charge in [0, 0.05) is 19.2 Å². The molecular formula is C22H31NO4. The number of esters is 2. The first-order chi connectivity index (χ1) is 12.8. The topological polar surface area (TPSA) is 55.8 Å². The molecule has 5 heteroatoms. The van der Waals surface area contributed by atoms with Crippen molar-refractivity contribution in [2.75, 3.05) is 13.1 Å². The van der Waals surface area contributed by atoms with E-state index in [9.17, 15) is 9.59 Å². The van der Waals surface area contributed by atoms with Crippen molar-refractivity contribution < 1.29 is 19.1 Å². The SMILES string of the molecule is CC1=CC[C@H](C(C)C)[C@H]2C(=O)O[C@@H]([C@@]3(C)OC(=O)C=C3N3CCCC3)C[C@@H]12. The summed E-state index contributed by atoms with van der Waals surface area (Å²) in [6, 6.07) is 0. The number of fused-ring (bicyclic) bond motifs is 1. The molecule has 0 amide bonds. The van der Waals surface area contributed by atoms with Gasteiger partial charge in [-0.2, -0.15) is 0 Å². The third-order valence-corrected chi connectivity index (χ3v) is 7.18. The van der Waals surface area contributed by atoms with Crippen LogP contribution in [0.2, 0.25) is 0 Å². The Kier molecular flexibility index (Phi) is 4.59. The molecule has 0 bridgehead atoms. The summed E-state index contributed by atoms with van der Waals surface area (Å²) in [4.78, 5) is 27.5. The van der Waals surface area contributed by atoms with Gasteiger partial charge in [0.15, 0.2) is 5.60 Å². The Balaban J connectivity index is 1.63. The Morgan fingerprint density at radius 3 is 2.59 bits per heavy atom. The molecule has 2 saturated heterocycles. The summed E-state index contributed by atoms with van der Waals surface area (Å²) in [7, 11) is 0. The first-order valence-electron chi connectivity index (χ1n) is 10.4. The van der Waals surface area contributed by atoms with Crippen molar-refractivity contribution >= 4 is 11.9 Å². The number of cyclic esters (lactones) is 2. The summed E-state index contributed by atoms with van der Waals surface area (Å²) in [6.45, 7) is 10.3. The summed E-state index contributed by atoms with van der Waals surface area (Å²) in [5.74, 6) is 0.408. The summed E-state index contributed by atoms with van der Waals surface area (Å²) < 4.78 is 11.8. The zero-order chi connectivity index (χ0) is 19.3. The Labute approximate surface area is 161 Å². The molecule has 3 aliphatic heterocycles. The van der Waals surface area contributed by atoms with E-state index in [2.05, 4.69) is 31.7 Å². The number of ether oxygens (including phenoxy) is 2. The maximum Gasteiger partial charge on any atom is 0.333 e. The van der Waals surface area contributed by atoms with E-state index in [0.29, 0.717) is 11.8 Å². The van der Waals surface area contributed by atoms with E-state index in [-0.39, 0.29) is 23.8 Å². The van der Waals surface area contributed by atoms with E-state index < -0.39 is 11.7 Å². The molecule has 3 heterocycles. The minimum absolute atomic E-state index is 0.0776. The molecule has 2 fully saturated rings. The molecule has 0 aromatic rings. The van der Waals surface area contributed by atoms with Crippen LogP contribution in [0.3, 0.4) is 0 Å². The lowest BCUT2D eigenvalue weighted by molar-refractivity contribution is -0.191. The van der Waals surface area contributed by atoms with Crippen molar-refractivity contribution in [2.45, 2.75) is 65.1 Å². The van der Waals surface area contributed by atoms with Crippen molar-refractivity contribution in [3.8, 4) is 0 Å². The normalized spacial score (nSPS) is 39.1. The van der Waals surface area contributed by atoms with Crippen LogP contribution in [-0.4, -0.2) is 41.6 Å². The zero-order valence-corrected chi connectivity index (χ0v) is 16.9. The van der Waals surface area contributed by atoms with Gasteiger partial charge in [0.25, 0.3) is 0 Å². The second-order valence-electron chi connectivity index (χ2n) is 9.14. The van der Waals surface area contributed by atoms with Gasteiger partial charge < -0.3 is 14.4 Å². The fourth-order valence-corrected chi connectivity index (χ4v) is 5.53. The average Bonchev–Trinajstić information content (AvgIpc) is 3.23. The zero-order valence-electron chi connectivity index (χ0n) is 16.9. The number of hydrogen-bond donors (Lipinski definition) is 0. The molecule has 5 atom stereocenters. The first-order valence-corrected chi connectivity index (χ1v) is 10.4. The lowest BCUT2D eigenvalue weighted by atomic mass is 9.64. The van der Waals surface area contributed by atoms with Gasteiger partial charge in [-0.3, -0.25) is 4.79 Å². The van der Waals surface area contributed by atoms with Gasteiger partial charge in [-0.05, 0) is 57.3 Å². The molecule has 148 valence electrons. The molecule has 0 radical (unpaired) electrons. The number of carbonyl (C=O) groups excluding carboxylic acids is 2. The maximum atomic E-state index is 13.1. The van der Waals surface area contributed by atoms with Gasteiger partial charge in [0.1, 0.15) is 6.10 Å². The molecule has 0 aromatic carbocycles. The Bertz CT molecular complexity index is 703. The lowest BCUT2D eigenvalue weighted by Gasteiger charge is -2.47. The van der Waals surface area contributed by atoms with Crippen LogP contribution in [0.1, 0.15) is 53.4 Å². The molecule has 0 saturated carbocycles. The van der Waals surface area contributed by atoms with Crippen molar-refractivity contribution in [1.82, 2.24) is 4.90 Å². The highest BCUT2D eigenvalue weighted by Crippen LogP contribution is 2.49. The van der Waals surface area contributed by atoms with E-state index in [4.69, 9.17) is 9.47 Å². The molecule has 1 aliphatic carbocycles. The van der Waals surface area contributed by atoms with Gasteiger partial charge in [-0.25, -0.2) is 4.79 Å². The second-order valence-corrected chi connectivity index (χ2v) is 9.14. The first kappa shape index (κ1) is 18.6. The molecule has 0 aromatic heterocycles. The summed E-state index contributed by atoms with van der Waals surface area (Å²) in [6.07, 6.45) is 7.36. The van der Waals surface area contributed by atoms with Crippen LogP contribution in [0.4, 0.5) is 0 Å².